The van der Waals surface area contributed by atoms with Crippen molar-refractivity contribution in [2.24, 2.45) is 0 Å². The summed E-state index contributed by atoms with van der Waals surface area (Å²) in [4.78, 5) is 16.7. The standard InChI is InChI=1S/C19H23NO4S/c1-12-5-6-16(25-12)13-9-14-11-20(18(22)19(2,3)23-4)7-8-24-17(14)15(21)10-13/h5-6,9-10,21H,7-8,11H2,1-4H3. The van der Waals surface area contributed by atoms with E-state index in [1.165, 1.54) is 12.0 Å². The first kappa shape index (κ1) is 17.8. The maximum Gasteiger partial charge on any atom is 0.254 e. The summed E-state index contributed by atoms with van der Waals surface area (Å²) in [5, 5.41) is 10.4. The molecule has 1 aromatic carbocycles. The van der Waals surface area contributed by atoms with Crippen LogP contribution in [0.4, 0.5) is 0 Å². The van der Waals surface area contributed by atoms with E-state index in [2.05, 4.69) is 6.07 Å². The smallest absolute Gasteiger partial charge is 0.254 e. The van der Waals surface area contributed by atoms with Crippen molar-refractivity contribution in [3.05, 3.63) is 34.7 Å². The van der Waals surface area contributed by atoms with E-state index in [0.717, 1.165) is 16.0 Å². The van der Waals surface area contributed by atoms with Gasteiger partial charge in [-0.3, -0.25) is 4.79 Å². The molecule has 2 heterocycles. The molecule has 1 aliphatic heterocycles. The van der Waals surface area contributed by atoms with Crippen molar-refractivity contribution in [1.82, 2.24) is 4.90 Å². The Balaban J connectivity index is 1.97. The van der Waals surface area contributed by atoms with Gasteiger partial charge in [0, 0.05) is 29.0 Å². The molecule has 5 nitrogen and oxygen atoms in total. The molecule has 0 bridgehead atoms. The lowest BCUT2D eigenvalue weighted by Gasteiger charge is -2.29. The summed E-state index contributed by atoms with van der Waals surface area (Å²) in [6.45, 7) is 6.73. The van der Waals surface area contributed by atoms with Crippen molar-refractivity contribution in [2.45, 2.75) is 32.9 Å². The molecular weight excluding hydrogens is 338 g/mol. The summed E-state index contributed by atoms with van der Waals surface area (Å²) in [5.41, 5.74) is 0.840. The monoisotopic (exact) mass is 361 g/mol. The fraction of sp³-hybridized carbons (Fsp3) is 0.421. The van der Waals surface area contributed by atoms with Crippen molar-refractivity contribution < 1.29 is 19.4 Å². The third-order valence-electron chi connectivity index (χ3n) is 4.45. The summed E-state index contributed by atoms with van der Waals surface area (Å²) in [6, 6.07) is 7.80. The van der Waals surface area contributed by atoms with Gasteiger partial charge in [-0.2, -0.15) is 0 Å². The molecule has 6 heteroatoms. The second kappa shape index (κ2) is 6.69. The number of hydrogen-bond acceptors (Lipinski definition) is 5. The number of phenolic OH excluding ortho intramolecular Hbond substituents is 1. The minimum atomic E-state index is -0.894. The van der Waals surface area contributed by atoms with Crippen LogP contribution in [0.15, 0.2) is 24.3 Å². The number of methoxy groups -OCH3 is 1. The average Bonchev–Trinajstić information content (AvgIpc) is 2.89. The van der Waals surface area contributed by atoms with E-state index in [0.29, 0.717) is 25.4 Å². The van der Waals surface area contributed by atoms with E-state index < -0.39 is 5.60 Å². The fourth-order valence-electron chi connectivity index (χ4n) is 2.87. The van der Waals surface area contributed by atoms with Gasteiger partial charge >= 0.3 is 0 Å². The number of nitrogens with zero attached hydrogens (tertiary/aromatic N) is 1. The predicted molar refractivity (Wildman–Crippen MR) is 98.2 cm³/mol. The molecule has 0 saturated carbocycles. The predicted octanol–water partition coefficient (Wildman–Crippen LogP) is 3.58. The van der Waals surface area contributed by atoms with Crippen LogP contribution in [0.1, 0.15) is 24.3 Å². The highest BCUT2D eigenvalue weighted by atomic mass is 32.1. The summed E-state index contributed by atoms with van der Waals surface area (Å²) < 4.78 is 11.0. The topological polar surface area (TPSA) is 59.0 Å². The zero-order chi connectivity index (χ0) is 18.2. The third kappa shape index (κ3) is 3.50. The lowest BCUT2D eigenvalue weighted by Crippen LogP contribution is -2.46. The first-order valence-corrected chi connectivity index (χ1v) is 9.03. The zero-order valence-corrected chi connectivity index (χ0v) is 15.8. The molecule has 0 radical (unpaired) electrons. The van der Waals surface area contributed by atoms with Crippen LogP contribution in [0.25, 0.3) is 10.4 Å². The van der Waals surface area contributed by atoms with Crippen LogP contribution in [0.3, 0.4) is 0 Å². The highest BCUT2D eigenvalue weighted by Gasteiger charge is 2.33. The molecule has 0 unspecified atom stereocenters. The minimum absolute atomic E-state index is 0.0942. The van der Waals surface area contributed by atoms with Gasteiger partial charge in [0.2, 0.25) is 0 Å². The molecule has 1 aromatic heterocycles. The van der Waals surface area contributed by atoms with Gasteiger partial charge in [-0.1, -0.05) is 0 Å². The number of aromatic hydroxyl groups is 1. The Morgan fingerprint density at radius 1 is 1.36 bits per heavy atom. The number of hydrogen-bond donors (Lipinski definition) is 1. The number of amides is 1. The minimum Gasteiger partial charge on any atom is -0.504 e. The van der Waals surface area contributed by atoms with Crippen LogP contribution in [-0.2, 0) is 16.1 Å². The summed E-state index contributed by atoms with van der Waals surface area (Å²) in [6.07, 6.45) is 0. The Morgan fingerprint density at radius 3 is 2.76 bits per heavy atom. The van der Waals surface area contributed by atoms with Gasteiger partial charge in [0.25, 0.3) is 5.91 Å². The van der Waals surface area contributed by atoms with Crippen LogP contribution in [-0.4, -0.2) is 41.8 Å². The summed E-state index contributed by atoms with van der Waals surface area (Å²) >= 11 is 1.67. The van der Waals surface area contributed by atoms with E-state index in [-0.39, 0.29) is 11.7 Å². The molecule has 3 rings (SSSR count). The molecule has 0 aliphatic carbocycles. The number of rotatable bonds is 3. The van der Waals surface area contributed by atoms with E-state index in [4.69, 9.17) is 9.47 Å². The number of carbonyl (C=O) groups is 1. The number of carbonyl (C=O) groups excluding carboxylic acids is 1. The molecule has 0 atom stereocenters. The lowest BCUT2D eigenvalue weighted by atomic mass is 10.0. The quantitative estimate of drug-likeness (QED) is 0.908. The molecule has 1 aliphatic rings. The molecule has 0 saturated heterocycles. The SMILES string of the molecule is COC(C)(C)C(=O)N1CCOc2c(O)cc(-c3ccc(C)s3)cc2C1. The summed E-state index contributed by atoms with van der Waals surface area (Å²) in [7, 11) is 1.53. The molecular formula is C19H23NO4S. The number of benzene rings is 1. The second-order valence-corrected chi connectivity index (χ2v) is 7.97. The normalized spacial score (nSPS) is 14.6. The highest BCUT2D eigenvalue weighted by molar-refractivity contribution is 7.15. The van der Waals surface area contributed by atoms with Crippen LogP contribution in [0, 0.1) is 6.92 Å². The van der Waals surface area contributed by atoms with Gasteiger partial charge < -0.3 is 19.5 Å². The number of ether oxygens (including phenoxy) is 2. The Kier molecular flexibility index (Phi) is 4.75. The Labute approximate surface area is 151 Å². The zero-order valence-electron chi connectivity index (χ0n) is 15.0. The van der Waals surface area contributed by atoms with Gasteiger partial charge in [-0.05, 0) is 50.6 Å². The van der Waals surface area contributed by atoms with E-state index >= 15 is 0 Å². The average molecular weight is 361 g/mol. The molecule has 2 aromatic rings. The van der Waals surface area contributed by atoms with E-state index in [9.17, 15) is 9.90 Å². The maximum atomic E-state index is 12.7. The van der Waals surface area contributed by atoms with Gasteiger partial charge in [0.05, 0.1) is 6.54 Å². The lowest BCUT2D eigenvalue weighted by molar-refractivity contribution is -0.151. The Bertz CT molecular complexity index is 797. The van der Waals surface area contributed by atoms with Crippen LogP contribution in [0.5, 0.6) is 11.5 Å². The first-order chi connectivity index (χ1) is 11.8. The van der Waals surface area contributed by atoms with Crippen molar-refractivity contribution in [2.75, 3.05) is 20.3 Å². The fourth-order valence-corrected chi connectivity index (χ4v) is 3.73. The number of thiophene rings is 1. The van der Waals surface area contributed by atoms with Gasteiger partial charge in [-0.25, -0.2) is 0 Å². The van der Waals surface area contributed by atoms with Crippen molar-refractivity contribution in [1.29, 1.82) is 0 Å². The Morgan fingerprint density at radius 2 is 2.12 bits per heavy atom. The number of aryl methyl sites for hydroxylation is 1. The number of fused-ring (bicyclic) bond motifs is 1. The van der Waals surface area contributed by atoms with E-state index in [1.54, 1.807) is 36.2 Å². The van der Waals surface area contributed by atoms with Gasteiger partial charge in [-0.15, -0.1) is 11.3 Å². The van der Waals surface area contributed by atoms with Crippen molar-refractivity contribution in [3.8, 4) is 21.9 Å². The molecule has 1 N–H and O–H groups in total. The molecule has 0 fully saturated rings. The van der Waals surface area contributed by atoms with Gasteiger partial charge in [0.15, 0.2) is 11.5 Å². The maximum absolute atomic E-state index is 12.7. The molecule has 134 valence electrons. The highest BCUT2D eigenvalue weighted by Crippen LogP contribution is 2.39. The van der Waals surface area contributed by atoms with Gasteiger partial charge in [0.1, 0.15) is 12.2 Å². The largest absolute Gasteiger partial charge is 0.504 e. The molecule has 1 amide bonds. The first-order valence-electron chi connectivity index (χ1n) is 8.22. The third-order valence-corrected chi connectivity index (χ3v) is 5.50. The second-order valence-electron chi connectivity index (χ2n) is 6.68. The molecule has 25 heavy (non-hydrogen) atoms. The Hall–Kier alpha value is -2.05. The van der Waals surface area contributed by atoms with Crippen molar-refractivity contribution >= 4 is 17.2 Å². The van der Waals surface area contributed by atoms with Crippen LogP contribution >= 0.6 is 11.3 Å². The number of phenols is 1. The van der Waals surface area contributed by atoms with Crippen LogP contribution in [0.2, 0.25) is 0 Å². The van der Waals surface area contributed by atoms with Crippen LogP contribution < -0.4 is 4.74 Å². The van der Waals surface area contributed by atoms with E-state index in [1.807, 2.05) is 19.1 Å². The molecule has 0 spiro atoms. The van der Waals surface area contributed by atoms with Crippen molar-refractivity contribution in [3.63, 3.8) is 0 Å². The summed E-state index contributed by atoms with van der Waals surface area (Å²) in [5.74, 6) is 0.477.